The van der Waals surface area contributed by atoms with Gasteiger partial charge in [0, 0.05) is 38.2 Å². The van der Waals surface area contributed by atoms with E-state index in [4.69, 9.17) is 14.0 Å². The molecule has 0 amide bonds. The molecular formula is C15H32B2N3O4P. The molecule has 2 fully saturated rings. The smallest absolute Gasteiger partial charge is 0.345 e. The molecule has 5 unspecified atom stereocenters. The first-order chi connectivity index (χ1) is 11.7. The van der Waals surface area contributed by atoms with Gasteiger partial charge in [0.25, 0.3) is 0 Å². The highest BCUT2D eigenvalue weighted by Gasteiger charge is 2.40. The van der Waals surface area contributed by atoms with Crippen molar-refractivity contribution in [2.45, 2.75) is 30.6 Å². The molecule has 2 aliphatic rings. The van der Waals surface area contributed by atoms with E-state index in [1.807, 2.05) is 18.6 Å². The lowest BCUT2D eigenvalue weighted by Crippen LogP contribution is -2.49. The second kappa shape index (κ2) is 9.18. The molecule has 0 saturated carbocycles. The summed E-state index contributed by atoms with van der Waals surface area (Å²) in [5.41, 5.74) is 0. The van der Waals surface area contributed by atoms with Crippen molar-refractivity contribution in [1.82, 2.24) is 14.2 Å². The van der Waals surface area contributed by atoms with Crippen molar-refractivity contribution in [3.05, 3.63) is 12.7 Å². The highest BCUT2D eigenvalue weighted by atomic mass is 31.2. The van der Waals surface area contributed by atoms with Crippen LogP contribution in [0.4, 0.5) is 0 Å². The fourth-order valence-corrected chi connectivity index (χ4v) is 5.63. The van der Waals surface area contributed by atoms with Crippen LogP contribution >= 0.6 is 7.67 Å². The maximum Gasteiger partial charge on any atom is 0.345 e. The van der Waals surface area contributed by atoms with E-state index in [0.717, 1.165) is 19.5 Å². The van der Waals surface area contributed by atoms with Crippen LogP contribution in [0.25, 0.3) is 0 Å². The summed E-state index contributed by atoms with van der Waals surface area (Å²) in [7, 11) is 6.62. The van der Waals surface area contributed by atoms with Crippen molar-refractivity contribution in [1.29, 1.82) is 0 Å². The van der Waals surface area contributed by atoms with Crippen LogP contribution in [0.5, 0.6) is 0 Å². The van der Waals surface area contributed by atoms with Gasteiger partial charge < -0.3 is 18.9 Å². The second-order valence-electron chi connectivity index (χ2n) is 7.39. The summed E-state index contributed by atoms with van der Waals surface area (Å²) in [6.07, 6.45) is 2.51. The lowest BCUT2D eigenvalue weighted by atomic mass is 9.98. The molecule has 0 bridgehead atoms. The average Bonchev–Trinajstić information content (AvgIpc) is 2.51. The summed E-state index contributed by atoms with van der Waals surface area (Å²) < 4.78 is 35.2. The van der Waals surface area contributed by atoms with E-state index in [1.165, 1.54) is 0 Å². The molecule has 2 saturated heterocycles. The molecule has 0 aliphatic carbocycles. The zero-order valence-corrected chi connectivity index (χ0v) is 17.2. The molecule has 10 heteroatoms. The molecule has 25 heavy (non-hydrogen) atoms. The van der Waals surface area contributed by atoms with Crippen LogP contribution < -0.4 is 0 Å². The molecule has 142 valence electrons. The minimum atomic E-state index is -3.12. The Morgan fingerprint density at radius 3 is 2.44 bits per heavy atom. The maximum absolute atomic E-state index is 13.6. The molecule has 2 rings (SSSR count). The zero-order chi connectivity index (χ0) is 18.6. The van der Waals surface area contributed by atoms with Crippen molar-refractivity contribution in [3.63, 3.8) is 0 Å². The minimum absolute atomic E-state index is 0.00443. The van der Waals surface area contributed by atoms with Gasteiger partial charge in [-0.3, -0.25) is 4.57 Å². The molecule has 7 nitrogen and oxygen atoms in total. The quantitative estimate of drug-likeness (QED) is 0.330. The molecule has 0 aromatic heterocycles. The molecule has 5 atom stereocenters. The van der Waals surface area contributed by atoms with Gasteiger partial charge in [0.15, 0.2) is 0 Å². The topological polar surface area (TPSA) is 54.5 Å². The zero-order valence-electron chi connectivity index (χ0n) is 16.3. The van der Waals surface area contributed by atoms with E-state index in [0.29, 0.717) is 19.7 Å². The third kappa shape index (κ3) is 5.67. The van der Waals surface area contributed by atoms with E-state index in [9.17, 15) is 4.57 Å². The Morgan fingerprint density at radius 2 is 1.84 bits per heavy atom. The predicted molar refractivity (Wildman–Crippen MR) is 106 cm³/mol. The summed E-state index contributed by atoms with van der Waals surface area (Å²) >= 11 is 0. The predicted octanol–water partition coefficient (Wildman–Crippen LogP) is -0.801. The molecular weight excluding hydrogens is 339 g/mol. The first-order valence-corrected chi connectivity index (χ1v) is 10.6. The third-order valence-electron chi connectivity index (χ3n) is 4.54. The third-order valence-corrected chi connectivity index (χ3v) is 7.07. The summed E-state index contributed by atoms with van der Waals surface area (Å²) in [4.78, 5) is 2.22. The number of nitrogens with zero attached hydrogens (tertiary/aromatic N) is 3. The van der Waals surface area contributed by atoms with E-state index in [1.54, 1.807) is 18.8 Å². The van der Waals surface area contributed by atoms with Gasteiger partial charge in [0.1, 0.15) is 15.7 Å². The lowest BCUT2D eigenvalue weighted by Gasteiger charge is -2.43. The Balaban J connectivity index is 2.04. The van der Waals surface area contributed by atoms with Crippen molar-refractivity contribution in [2.24, 2.45) is 0 Å². The van der Waals surface area contributed by atoms with Crippen LogP contribution in [0, 0.1) is 0 Å². The van der Waals surface area contributed by atoms with Gasteiger partial charge >= 0.3 is 7.67 Å². The SMILES string of the molecule is BC1CN(C)CC(COP(=O)(N(C)C)N2CC(B)OC(CC=C)C2)O1. The molecule has 0 radical (unpaired) electrons. The van der Waals surface area contributed by atoms with E-state index in [-0.39, 0.29) is 24.2 Å². The van der Waals surface area contributed by atoms with Crippen LogP contribution in [0.15, 0.2) is 12.7 Å². The van der Waals surface area contributed by atoms with Gasteiger partial charge in [-0.05, 0) is 27.6 Å². The van der Waals surface area contributed by atoms with Gasteiger partial charge in [0.2, 0.25) is 0 Å². The van der Waals surface area contributed by atoms with Gasteiger partial charge in [-0.2, -0.15) is 0 Å². The summed E-state index contributed by atoms with van der Waals surface area (Å²) in [6.45, 7) is 6.97. The van der Waals surface area contributed by atoms with Crippen molar-refractivity contribution in [2.75, 3.05) is 53.9 Å². The molecule has 0 aromatic carbocycles. The number of morpholine rings is 2. The number of hydrogen-bond acceptors (Lipinski definition) is 5. The largest absolute Gasteiger partial charge is 0.381 e. The number of likely N-dealkylation sites (N-methyl/N-ethyl adjacent to an activating group) is 1. The highest BCUT2D eigenvalue weighted by molar-refractivity contribution is 7.53. The van der Waals surface area contributed by atoms with Gasteiger partial charge in [-0.15, -0.1) is 6.58 Å². The summed E-state index contributed by atoms with van der Waals surface area (Å²) in [6, 6.07) is 0.166. The molecule has 0 aromatic rings. The van der Waals surface area contributed by atoms with E-state index in [2.05, 4.69) is 26.4 Å². The van der Waals surface area contributed by atoms with Crippen LogP contribution in [0.1, 0.15) is 6.42 Å². The Bertz CT molecular complexity index is 489. The van der Waals surface area contributed by atoms with Crippen LogP contribution in [-0.4, -0.2) is 108 Å². The number of rotatable bonds is 7. The number of ether oxygens (including phenoxy) is 2. The summed E-state index contributed by atoms with van der Waals surface area (Å²) in [5, 5.41) is 0. The van der Waals surface area contributed by atoms with Crippen molar-refractivity contribution in [3.8, 4) is 0 Å². The molecule has 2 heterocycles. The first kappa shape index (κ1) is 21.2. The molecule has 2 aliphatic heterocycles. The Labute approximate surface area is 154 Å². The van der Waals surface area contributed by atoms with Gasteiger partial charge in [0.05, 0.1) is 18.8 Å². The fraction of sp³-hybridized carbons (Fsp3) is 0.867. The average molecular weight is 371 g/mol. The van der Waals surface area contributed by atoms with E-state index < -0.39 is 7.67 Å². The highest BCUT2D eigenvalue weighted by Crippen LogP contribution is 2.53. The maximum atomic E-state index is 13.6. The Kier molecular flexibility index (Phi) is 7.77. The monoisotopic (exact) mass is 371 g/mol. The first-order valence-electron chi connectivity index (χ1n) is 9.02. The number of hydrogen-bond donors (Lipinski definition) is 0. The summed E-state index contributed by atoms with van der Waals surface area (Å²) in [5.74, 6) is 0. The van der Waals surface area contributed by atoms with Gasteiger partial charge in [-0.1, -0.05) is 6.08 Å². The van der Waals surface area contributed by atoms with Crippen LogP contribution in [0.2, 0.25) is 0 Å². The second-order valence-corrected chi connectivity index (χ2v) is 9.99. The normalized spacial score (nSPS) is 34.7. The van der Waals surface area contributed by atoms with Crippen LogP contribution in [0.3, 0.4) is 0 Å². The van der Waals surface area contributed by atoms with Crippen molar-refractivity contribution < 1.29 is 18.6 Å². The fourth-order valence-electron chi connectivity index (χ4n) is 3.54. The Morgan fingerprint density at radius 1 is 1.20 bits per heavy atom. The van der Waals surface area contributed by atoms with Gasteiger partial charge in [-0.25, -0.2) is 9.34 Å². The van der Waals surface area contributed by atoms with Crippen molar-refractivity contribution >= 4 is 23.4 Å². The Hall–Kier alpha value is -0.140. The molecule has 0 N–H and O–H groups in total. The van der Waals surface area contributed by atoms with E-state index >= 15 is 0 Å². The standard InChI is InChI=1S/C15H32B2N3O4P/c1-5-6-12-8-20(10-15(17)23-12)25(21,18(2)3)22-11-13-7-19(4)9-14(16)24-13/h5,12-15H,1,6-11,16-17H2,2-4H3. The lowest BCUT2D eigenvalue weighted by molar-refractivity contribution is -0.0649. The molecule has 0 spiro atoms. The van der Waals surface area contributed by atoms with Crippen LogP contribution in [-0.2, 0) is 18.6 Å². The minimum Gasteiger partial charge on any atom is -0.381 e.